The van der Waals surface area contributed by atoms with Crippen LogP contribution in [0.15, 0.2) is 18.2 Å². The number of anilines is 1. The summed E-state index contributed by atoms with van der Waals surface area (Å²) in [5, 5.41) is 13.5. The van der Waals surface area contributed by atoms with E-state index in [-0.39, 0.29) is 30.2 Å². The van der Waals surface area contributed by atoms with E-state index in [0.717, 1.165) is 18.2 Å². The van der Waals surface area contributed by atoms with Crippen LogP contribution in [0.2, 0.25) is 0 Å². The van der Waals surface area contributed by atoms with Gasteiger partial charge in [0.15, 0.2) is 0 Å². The monoisotopic (exact) mass is 303 g/mol. The van der Waals surface area contributed by atoms with Crippen molar-refractivity contribution in [3.63, 3.8) is 0 Å². The molecule has 20 heavy (non-hydrogen) atoms. The van der Waals surface area contributed by atoms with Crippen molar-refractivity contribution < 1.29 is 17.7 Å². The largest absolute Gasteiger partial charge is 0.378 e. The minimum atomic E-state index is -3.19. The fourth-order valence-corrected chi connectivity index (χ4v) is 3.60. The molecular formula is C11H14FN3O4S. The van der Waals surface area contributed by atoms with Gasteiger partial charge in [-0.2, -0.15) is 0 Å². The molecule has 0 spiro atoms. The van der Waals surface area contributed by atoms with Gasteiger partial charge in [-0.3, -0.25) is 10.1 Å². The standard InChI is InChI=1S/C11H14FN3O4S/c12-9-2-3-11(15(16)17)10(8-9)13-4-6-14-5-1-7-20(14,18)19/h2-3,8,13H,1,4-7H2. The molecule has 0 aliphatic carbocycles. The zero-order valence-electron chi connectivity index (χ0n) is 10.6. The fourth-order valence-electron chi connectivity index (χ4n) is 2.07. The summed E-state index contributed by atoms with van der Waals surface area (Å²) >= 11 is 0. The number of nitrogens with one attached hydrogen (secondary N) is 1. The fraction of sp³-hybridized carbons (Fsp3) is 0.455. The van der Waals surface area contributed by atoms with Gasteiger partial charge in [0.25, 0.3) is 5.69 Å². The second-order valence-electron chi connectivity index (χ2n) is 4.41. The molecule has 0 atom stereocenters. The average Bonchev–Trinajstić information content (AvgIpc) is 2.68. The van der Waals surface area contributed by atoms with Gasteiger partial charge in [0.1, 0.15) is 11.5 Å². The van der Waals surface area contributed by atoms with Crippen molar-refractivity contribution in [1.29, 1.82) is 0 Å². The molecule has 1 aliphatic heterocycles. The van der Waals surface area contributed by atoms with Gasteiger partial charge in [0.2, 0.25) is 10.0 Å². The van der Waals surface area contributed by atoms with E-state index in [1.165, 1.54) is 4.31 Å². The van der Waals surface area contributed by atoms with Gasteiger partial charge in [0, 0.05) is 31.8 Å². The van der Waals surface area contributed by atoms with Crippen LogP contribution in [-0.4, -0.2) is 43.0 Å². The third-order valence-electron chi connectivity index (χ3n) is 3.04. The van der Waals surface area contributed by atoms with Crippen molar-refractivity contribution in [3.05, 3.63) is 34.1 Å². The Bertz CT molecular complexity index is 620. The van der Waals surface area contributed by atoms with Gasteiger partial charge in [-0.25, -0.2) is 17.1 Å². The summed E-state index contributed by atoms with van der Waals surface area (Å²) in [6, 6.07) is 3.11. The third-order valence-corrected chi connectivity index (χ3v) is 4.99. The maximum atomic E-state index is 13.1. The summed E-state index contributed by atoms with van der Waals surface area (Å²) in [6.45, 7) is 0.842. The molecule has 1 aromatic carbocycles. The van der Waals surface area contributed by atoms with E-state index >= 15 is 0 Å². The summed E-state index contributed by atoms with van der Waals surface area (Å²) in [7, 11) is -3.19. The maximum Gasteiger partial charge on any atom is 0.292 e. The molecule has 1 heterocycles. The Kier molecular flexibility index (Phi) is 4.19. The van der Waals surface area contributed by atoms with Gasteiger partial charge in [-0.05, 0) is 12.5 Å². The summed E-state index contributed by atoms with van der Waals surface area (Å²) in [6.07, 6.45) is 0.586. The molecule has 1 aliphatic rings. The predicted molar refractivity (Wildman–Crippen MR) is 71.5 cm³/mol. The molecule has 0 amide bonds. The number of sulfonamides is 1. The Hall–Kier alpha value is -1.74. The molecule has 0 unspecified atom stereocenters. The Morgan fingerprint density at radius 1 is 1.45 bits per heavy atom. The molecule has 1 aromatic rings. The first-order valence-corrected chi connectivity index (χ1v) is 7.67. The quantitative estimate of drug-likeness (QED) is 0.651. The normalized spacial score (nSPS) is 18.1. The zero-order valence-corrected chi connectivity index (χ0v) is 11.4. The maximum absolute atomic E-state index is 13.1. The van der Waals surface area contributed by atoms with Crippen molar-refractivity contribution in [2.24, 2.45) is 0 Å². The lowest BCUT2D eigenvalue weighted by molar-refractivity contribution is -0.384. The van der Waals surface area contributed by atoms with Gasteiger partial charge in [-0.15, -0.1) is 0 Å². The van der Waals surface area contributed by atoms with Crippen LogP contribution < -0.4 is 5.32 Å². The molecule has 1 fully saturated rings. The van der Waals surface area contributed by atoms with E-state index in [9.17, 15) is 22.9 Å². The van der Waals surface area contributed by atoms with Crippen molar-refractivity contribution in [1.82, 2.24) is 4.31 Å². The summed E-state index contributed by atoms with van der Waals surface area (Å²) in [4.78, 5) is 10.2. The number of nitro groups is 1. The SMILES string of the molecule is O=[N+]([O-])c1ccc(F)cc1NCCN1CCCS1(=O)=O. The lowest BCUT2D eigenvalue weighted by Gasteiger charge is -2.15. The van der Waals surface area contributed by atoms with Crippen molar-refractivity contribution >= 4 is 21.4 Å². The second-order valence-corrected chi connectivity index (χ2v) is 6.50. The highest BCUT2D eigenvalue weighted by atomic mass is 32.2. The van der Waals surface area contributed by atoms with Crippen molar-refractivity contribution in [2.45, 2.75) is 6.42 Å². The van der Waals surface area contributed by atoms with Crippen molar-refractivity contribution in [2.75, 3.05) is 30.7 Å². The molecular weight excluding hydrogens is 289 g/mol. The van der Waals surface area contributed by atoms with E-state index in [2.05, 4.69) is 5.32 Å². The number of hydrogen-bond acceptors (Lipinski definition) is 5. The molecule has 9 heteroatoms. The van der Waals surface area contributed by atoms with Crippen molar-refractivity contribution in [3.8, 4) is 0 Å². The number of halogens is 1. The van der Waals surface area contributed by atoms with Gasteiger partial charge < -0.3 is 5.32 Å². The zero-order chi connectivity index (χ0) is 14.8. The lowest BCUT2D eigenvalue weighted by Crippen LogP contribution is -2.30. The van der Waals surface area contributed by atoms with Gasteiger partial charge in [-0.1, -0.05) is 0 Å². The summed E-state index contributed by atoms with van der Waals surface area (Å²) in [5.74, 6) is -0.459. The minimum absolute atomic E-state index is 0.0478. The van der Waals surface area contributed by atoms with Crippen LogP contribution in [0.3, 0.4) is 0 Å². The van der Waals surface area contributed by atoms with Crippen LogP contribution in [0.5, 0.6) is 0 Å². The number of rotatable bonds is 5. The van der Waals surface area contributed by atoms with Crippen LogP contribution >= 0.6 is 0 Å². The van der Waals surface area contributed by atoms with Crippen LogP contribution in [0.1, 0.15) is 6.42 Å². The molecule has 110 valence electrons. The first-order chi connectivity index (χ1) is 9.40. The first-order valence-electron chi connectivity index (χ1n) is 6.06. The number of benzene rings is 1. The number of nitro benzene ring substituents is 1. The Morgan fingerprint density at radius 2 is 2.20 bits per heavy atom. The van der Waals surface area contributed by atoms with Crippen LogP contribution in [0.25, 0.3) is 0 Å². The van der Waals surface area contributed by atoms with E-state index in [4.69, 9.17) is 0 Å². The summed E-state index contributed by atoms with van der Waals surface area (Å²) in [5.41, 5.74) is -0.192. The molecule has 1 saturated heterocycles. The van der Waals surface area contributed by atoms with Gasteiger partial charge in [0.05, 0.1) is 10.7 Å². The highest BCUT2D eigenvalue weighted by molar-refractivity contribution is 7.89. The number of hydrogen-bond donors (Lipinski definition) is 1. The summed E-state index contributed by atoms with van der Waals surface area (Å²) < 4.78 is 37.5. The van der Waals surface area contributed by atoms with Gasteiger partial charge >= 0.3 is 0 Å². The Labute approximate surface area is 115 Å². The molecule has 1 N–H and O–H groups in total. The van der Waals surface area contributed by atoms with Crippen LogP contribution in [0, 0.1) is 15.9 Å². The van der Waals surface area contributed by atoms with E-state index in [1.807, 2.05) is 0 Å². The van der Waals surface area contributed by atoms with E-state index < -0.39 is 20.8 Å². The third kappa shape index (κ3) is 3.23. The second kappa shape index (κ2) is 5.71. The molecule has 0 saturated carbocycles. The number of nitrogens with zero attached hydrogens (tertiary/aromatic N) is 2. The average molecular weight is 303 g/mol. The molecule has 0 bridgehead atoms. The smallest absolute Gasteiger partial charge is 0.292 e. The van der Waals surface area contributed by atoms with Crippen LogP contribution in [0.4, 0.5) is 15.8 Å². The molecule has 0 aromatic heterocycles. The van der Waals surface area contributed by atoms with E-state index in [1.54, 1.807) is 0 Å². The molecule has 0 radical (unpaired) electrons. The lowest BCUT2D eigenvalue weighted by atomic mass is 10.2. The highest BCUT2D eigenvalue weighted by Crippen LogP contribution is 2.24. The Balaban J connectivity index is 2.01. The van der Waals surface area contributed by atoms with E-state index in [0.29, 0.717) is 13.0 Å². The predicted octanol–water partition coefficient (Wildman–Crippen LogP) is 1.18. The Morgan fingerprint density at radius 3 is 2.80 bits per heavy atom. The van der Waals surface area contributed by atoms with Crippen LogP contribution in [-0.2, 0) is 10.0 Å². The highest BCUT2D eigenvalue weighted by Gasteiger charge is 2.27. The minimum Gasteiger partial charge on any atom is -0.378 e. The topological polar surface area (TPSA) is 92.6 Å². The first kappa shape index (κ1) is 14.7. The molecule has 7 nitrogen and oxygen atoms in total. The molecule has 2 rings (SSSR count).